The van der Waals surface area contributed by atoms with E-state index in [4.69, 9.17) is 6.15 Å². The molecule has 0 aliphatic heterocycles. The molecular formula is C17H21NO. The third kappa shape index (κ3) is 3.83. The van der Waals surface area contributed by atoms with E-state index in [1.165, 1.54) is 5.31 Å². The standard InChI is InChI=1S/C17H21NO/c1-14-8-6-7-11-16(14)19-17(12-13-18-2)15-9-4-3-5-10-15/h3-11,17-18H,12-13H2,1-2H3/t17-/m1/s1/i/hD. The highest BCUT2D eigenvalue weighted by Gasteiger charge is 2.13. The average molecular weight is 256 g/mol. The second-order valence-electron chi connectivity index (χ2n) is 4.61. The van der Waals surface area contributed by atoms with Gasteiger partial charge < -0.3 is 10.0 Å². The Morgan fingerprint density at radius 1 is 1.11 bits per heavy atom. The Labute approximate surface area is 116 Å². The zero-order valence-corrected chi connectivity index (χ0v) is 11.5. The summed E-state index contributed by atoms with van der Waals surface area (Å²) in [5, 5.41) is 1.44. The summed E-state index contributed by atoms with van der Waals surface area (Å²) in [6.45, 7) is 2.72. The van der Waals surface area contributed by atoms with Crippen LogP contribution in [-0.2, 0) is 0 Å². The van der Waals surface area contributed by atoms with E-state index < -0.39 is 0 Å². The van der Waals surface area contributed by atoms with Crippen LogP contribution in [0.15, 0.2) is 54.6 Å². The van der Waals surface area contributed by atoms with E-state index in [0.29, 0.717) is 6.54 Å². The van der Waals surface area contributed by atoms with E-state index in [-0.39, 0.29) is 6.10 Å². The summed E-state index contributed by atoms with van der Waals surface area (Å²) < 4.78 is 13.7. The molecule has 0 aromatic heterocycles. The molecule has 0 amide bonds. The van der Waals surface area contributed by atoms with Gasteiger partial charge in [-0.15, -0.1) is 0 Å². The molecule has 0 radical (unpaired) electrons. The number of hydrogen-bond acceptors (Lipinski definition) is 2. The fraction of sp³-hybridized carbons (Fsp3) is 0.294. The van der Waals surface area contributed by atoms with Gasteiger partial charge in [-0.1, -0.05) is 48.5 Å². The number of nitrogens with one attached hydrogen (secondary N) is 1. The van der Waals surface area contributed by atoms with Gasteiger partial charge in [-0.25, -0.2) is 0 Å². The Kier molecular flexibility index (Phi) is 4.48. The number of aryl methyl sites for hydroxylation is 1. The minimum Gasteiger partial charge on any atom is -0.485 e. The fourth-order valence-corrected chi connectivity index (χ4v) is 2.05. The molecule has 0 aliphatic carbocycles. The van der Waals surface area contributed by atoms with Crippen LogP contribution in [-0.4, -0.2) is 13.6 Å². The second kappa shape index (κ2) is 6.95. The molecule has 2 heteroatoms. The van der Waals surface area contributed by atoms with E-state index in [1.54, 1.807) is 7.05 Å². The van der Waals surface area contributed by atoms with E-state index in [1.807, 2.05) is 49.4 Å². The number of ether oxygens (including phenoxy) is 1. The van der Waals surface area contributed by atoms with Crippen molar-refractivity contribution in [2.45, 2.75) is 19.4 Å². The highest BCUT2D eigenvalue weighted by molar-refractivity contribution is 5.33. The summed E-state index contributed by atoms with van der Waals surface area (Å²) in [4.78, 5) is 0. The maximum Gasteiger partial charge on any atom is 0.125 e. The predicted octanol–water partition coefficient (Wildman–Crippen LogP) is 3.72. The molecule has 2 aromatic carbocycles. The smallest absolute Gasteiger partial charge is 0.125 e. The van der Waals surface area contributed by atoms with E-state index in [9.17, 15) is 0 Å². The fourth-order valence-electron chi connectivity index (χ4n) is 2.05. The molecule has 0 aliphatic rings. The van der Waals surface area contributed by atoms with Crippen molar-refractivity contribution in [1.29, 1.82) is 0 Å². The Morgan fingerprint density at radius 3 is 2.47 bits per heavy atom. The maximum atomic E-state index is 7.53. The topological polar surface area (TPSA) is 21.3 Å². The minimum absolute atomic E-state index is 0.0231. The van der Waals surface area contributed by atoms with Crippen molar-refractivity contribution in [2.24, 2.45) is 0 Å². The Morgan fingerprint density at radius 2 is 1.79 bits per heavy atom. The van der Waals surface area contributed by atoms with Crippen molar-refractivity contribution >= 4 is 0 Å². The summed E-state index contributed by atoms with van der Waals surface area (Å²) >= 11 is 0. The Bertz CT molecular complexity index is 528. The average Bonchev–Trinajstić information content (AvgIpc) is 2.46. The molecule has 1 N–H and O–H groups in total. The van der Waals surface area contributed by atoms with Gasteiger partial charge in [0.1, 0.15) is 13.3 Å². The summed E-state index contributed by atoms with van der Waals surface area (Å²) in [5.74, 6) is 0.911. The van der Waals surface area contributed by atoms with Gasteiger partial charge in [0.25, 0.3) is 0 Å². The summed E-state index contributed by atoms with van der Waals surface area (Å²) in [7, 11) is 1.76. The Balaban J connectivity index is 2.16. The summed E-state index contributed by atoms with van der Waals surface area (Å²) in [5.41, 5.74) is 2.28. The number of hydrogen-bond donors (Lipinski definition) is 1. The van der Waals surface area contributed by atoms with Crippen LogP contribution >= 0.6 is 0 Å². The number of para-hydroxylation sites is 1. The molecule has 0 fully saturated rings. The van der Waals surface area contributed by atoms with Gasteiger partial charge in [0.05, 0.1) is 0 Å². The van der Waals surface area contributed by atoms with Gasteiger partial charge in [-0.2, -0.15) is 0 Å². The lowest BCUT2D eigenvalue weighted by molar-refractivity contribution is 0.193. The first kappa shape index (κ1) is 12.2. The maximum absolute atomic E-state index is 7.53. The van der Waals surface area contributed by atoms with Crippen LogP contribution in [0.3, 0.4) is 0 Å². The lowest BCUT2D eigenvalue weighted by Crippen LogP contribution is -2.16. The van der Waals surface area contributed by atoms with Crippen LogP contribution in [0.2, 0.25) is 1.41 Å². The Hall–Kier alpha value is -1.80. The van der Waals surface area contributed by atoms with Gasteiger partial charge in [0, 0.05) is 6.42 Å². The molecule has 0 bridgehead atoms. The molecule has 19 heavy (non-hydrogen) atoms. The van der Waals surface area contributed by atoms with Crippen molar-refractivity contribution in [2.75, 3.05) is 13.6 Å². The van der Waals surface area contributed by atoms with Crippen molar-refractivity contribution < 1.29 is 6.15 Å². The molecule has 2 aromatic rings. The first-order chi connectivity index (χ1) is 9.66. The van der Waals surface area contributed by atoms with Crippen LogP contribution in [0.5, 0.6) is 5.75 Å². The van der Waals surface area contributed by atoms with Crippen LogP contribution in [0.4, 0.5) is 0 Å². The first-order valence-corrected chi connectivity index (χ1v) is 6.64. The van der Waals surface area contributed by atoms with Crippen LogP contribution in [0, 0.1) is 6.92 Å². The predicted molar refractivity (Wildman–Crippen MR) is 79.5 cm³/mol. The molecule has 0 spiro atoms. The lowest BCUT2D eigenvalue weighted by atomic mass is 10.1. The van der Waals surface area contributed by atoms with Crippen molar-refractivity contribution in [3.8, 4) is 5.75 Å². The van der Waals surface area contributed by atoms with Gasteiger partial charge >= 0.3 is 0 Å². The zero-order chi connectivity index (χ0) is 14.4. The quantitative estimate of drug-likeness (QED) is 0.850. The summed E-state index contributed by atoms with van der Waals surface area (Å²) in [6, 6.07) is 18.2. The molecule has 0 unspecified atom stereocenters. The number of rotatable bonds is 6. The third-order valence-electron chi connectivity index (χ3n) is 3.15. The van der Waals surface area contributed by atoms with Gasteiger partial charge in [-0.05, 0) is 37.7 Å². The molecule has 100 valence electrons. The monoisotopic (exact) mass is 256 g/mol. The van der Waals surface area contributed by atoms with Gasteiger partial charge in [0.2, 0.25) is 0 Å². The van der Waals surface area contributed by atoms with E-state index in [2.05, 4.69) is 12.1 Å². The first-order valence-electron chi connectivity index (χ1n) is 7.09. The van der Waals surface area contributed by atoms with E-state index >= 15 is 0 Å². The summed E-state index contributed by atoms with van der Waals surface area (Å²) in [6.07, 6.45) is 0.767. The van der Waals surface area contributed by atoms with Crippen LogP contribution < -0.4 is 10.0 Å². The molecule has 2 rings (SSSR count). The van der Waals surface area contributed by atoms with Crippen LogP contribution in [0.1, 0.15) is 23.7 Å². The lowest BCUT2D eigenvalue weighted by Gasteiger charge is -2.20. The second-order valence-corrected chi connectivity index (χ2v) is 4.61. The van der Waals surface area contributed by atoms with E-state index in [0.717, 1.165) is 23.3 Å². The SMILES string of the molecule is [2H]N(C)CC[C@@H](Oc1ccccc1C)c1ccccc1. The van der Waals surface area contributed by atoms with Gasteiger partial charge in [-0.3, -0.25) is 0 Å². The largest absolute Gasteiger partial charge is 0.485 e. The molecule has 2 nitrogen and oxygen atoms in total. The molecular weight excluding hydrogens is 234 g/mol. The molecule has 1 atom stereocenters. The van der Waals surface area contributed by atoms with Crippen molar-refractivity contribution in [3.05, 3.63) is 65.7 Å². The van der Waals surface area contributed by atoms with Crippen LogP contribution in [0.25, 0.3) is 0 Å². The normalized spacial score (nSPS) is 13.1. The third-order valence-corrected chi connectivity index (χ3v) is 3.15. The molecule has 0 saturated carbocycles. The molecule has 0 saturated heterocycles. The minimum atomic E-state index is -0.0231. The highest BCUT2D eigenvalue weighted by atomic mass is 16.5. The number of benzene rings is 2. The highest BCUT2D eigenvalue weighted by Crippen LogP contribution is 2.26. The molecule has 0 heterocycles. The zero-order valence-electron chi connectivity index (χ0n) is 12.5. The van der Waals surface area contributed by atoms with Gasteiger partial charge in [0.15, 0.2) is 0 Å². The van der Waals surface area contributed by atoms with Crippen molar-refractivity contribution in [1.82, 2.24) is 5.31 Å². The van der Waals surface area contributed by atoms with Crippen molar-refractivity contribution in [3.63, 3.8) is 0 Å².